The van der Waals surface area contributed by atoms with E-state index in [9.17, 15) is 19.7 Å². The molecule has 9 nitrogen and oxygen atoms in total. The van der Waals surface area contributed by atoms with Gasteiger partial charge in [-0.05, 0) is 36.4 Å². The largest absolute Gasteiger partial charge is 0.454 e. The van der Waals surface area contributed by atoms with Gasteiger partial charge in [0.2, 0.25) is 6.79 Å². The fraction of sp³-hybridized carbons (Fsp3) is 0.111. The maximum Gasteiger partial charge on any atom is 0.331 e. The van der Waals surface area contributed by atoms with Crippen molar-refractivity contribution in [1.29, 1.82) is 0 Å². The van der Waals surface area contributed by atoms with Gasteiger partial charge >= 0.3 is 5.97 Å². The first kappa shape index (κ1) is 19.2. The number of ether oxygens (including phenoxy) is 3. The number of nitrogens with zero attached hydrogens (tertiary/aromatic N) is 1. The Morgan fingerprint density at radius 2 is 1.89 bits per heavy atom. The number of carbonyl (C=O) groups is 2. The summed E-state index contributed by atoms with van der Waals surface area (Å²) in [6, 6.07) is 9.00. The molecule has 28 heavy (non-hydrogen) atoms. The lowest BCUT2D eigenvalue weighted by Gasteiger charge is -2.05. The summed E-state index contributed by atoms with van der Waals surface area (Å²) in [5.74, 6) is -0.789. The van der Waals surface area contributed by atoms with Crippen LogP contribution in [-0.4, -0.2) is 30.2 Å². The molecule has 0 atom stereocenters. The number of halogens is 1. The summed E-state index contributed by atoms with van der Waals surface area (Å²) in [7, 11) is 0. The van der Waals surface area contributed by atoms with E-state index in [1.165, 1.54) is 18.2 Å². The molecule has 2 aromatic carbocycles. The lowest BCUT2D eigenvalue weighted by molar-refractivity contribution is -0.385. The van der Waals surface area contributed by atoms with Crippen LogP contribution < -0.4 is 14.8 Å². The molecule has 0 saturated carbocycles. The van der Waals surface area contributed by atoms with Crippen molar-refractivity contribution in [2.24, 2.45) is 0 Å². The standard InChI is InChI=1S/C18H13ClN2O7/c19-12-2-4-13(5-3-12)20-17(22)9-26-18(23)6-1-11-7-15-16(28-10-27-15)8-14(11)21(24)25/h1-8H,9-10H2,(H,20,22)/b6-1+. The number of fused-ring (bicyclic) bond motifs is 1. The number of amides is 1. The number of benzene rings is 2. The van der Waals surface area contributed by atoms with Gasteiger partial charge in [-0.25, -0.2) is 4.79 Å². The number of rotatable bonds is 6. The molecule has 1 aliphatic rings. The molecule has 0 fully saturated rings. The van der Waals surface area contributed by atoms with E-state index in [0.29, 0.717) is 16.5 Å². The Bertz CT molecular complexity index is 957. The van der Waals surface area contributed by atoms with Gasteiger partial charge in [0.1, 0.15) is 0 Å². The van der Waals surface area contributed by atoms with E-state index in [1.54, 1.807) is 24.3 Å². The molecule has 1 N–H and O–H groups in total. The van der Waals surface area contributed by atoms with Crippen LogP contribution in [0.5, 0.6) is 11.5 Å². The van der Waals surface area contributed by atoms with E-state index in [4.69, 9.17) is 25.8 Å². The van der Waals surface area contributed by atoms with Crippen molar-refractivity contribution >= 4 is 40.9 Å². The van der Waals surface area contributed by atoms with E-state index < -0.39 is 23.4 Å². The molecule has 0 aliphatic carbocycles. The van der Waals surface area contributed by atoms with Gasteiger partial charge in [0.15, 0.2) is 18.1 Å². The smallest absolute Gasteiger partial charge is 0.331 e. The third kappa shape index (κ3) is 4.77. The van der Waals surface area contributed by atoms with Crippen LogP contribution >= 0.6 is 11.6 Å². The highest BCUT2D eigenvalue weighted by Crippen LogP contribution is 2.38. The van der Waals surface area contributed by atoms with Crippen molar-refractivity contribution in [3.63, 3.8) is 0 Å². The lowest BCUT2D eigenvalue weighted by Crippen LogP contribution is -2.20. The van der Waals surface area contributed by atoms with Gasteiger partial charge in [0.05, 0.1) is 16.6 Å². The van der Waals surface area contributed by atoms with Crippen molar-refractivity contribution in [2.45, 2.75) is 0 Å². The number of hydrogen-bond acceptors (Lipinski definition) is 7. The predicted octanol–water partition coefficient (Wildman–Crippen LogP) is 3.17. The Kier molecular flexibility index (Phi) is 5.75. The molecule has 1 amide bonds. The number of esters is 1. The number of carbonyl (C=O) groups excluding carboxylic acids is 2. The Morgan fingerprint density at radius 1 is 1.21 bits per heavy atom. The summed E-state index contributed by atoms with van der Waals surface area (Å²) in [5, 5.41) is 14.2. The van der Waals surface area contributed by atoms with Crippen molar-refractivity contribution in [3.05, 3.63) is 63.2 Å². The molecule has 0 aromatic heterocycles. The van der Waals surface area contributed by atoms with E-state index >= 15 is 0 Å². The van der Waals surface area contributed by atoms with Crippen molar-refractivity contribution in [3.8, 4) is 11.5 Å². The zero-order chi connectivity index (χ0) is 20.1. The first-order valence-corrected chi connectivity index (χ1v) is 8.28. The summed E-state index contributed by atoms with van der Waals surface area (Å²) in [6.45, 7) is -0.556. The number of nitro groups is 1. The maximum absolute atomic E-state index is 11.8. The van der Waals surface area contributed by atoms with E-state index in [-0.39, 0.29) is 23.8 Å². The van der Waals surface area contributed by atoms with Gasteiger partial charge in [-0.2, -0.15) is 0 Å². The second kappa shape index (κ2) is 8.40. The average Bonchev–Trinajstić information content (AvgIpc) is 3.13. The van der Waals surface area contributed by atoms with Crippen LogP contribution in [-0.2, 0) is 14.3 Å². The zero-order valence-corrected chi connectivity index (χ0v) is 15.0. The molecule has 0 spiro atoms. The Hall–Kier alpha value is -3.59. The van der Waals surface area contributed by atoms with Crippen molar-refractivity contribution < 1.29 is 28.7 Å². The topological polar surface area (TPSA) is 117 Å². The first-order valence-electron chi connectivity index (χ1n) is 7.90. The van der Waals surface area contributed by atoms with Crippen molar-refractivity contribution in [1.82, 2.24) is 0 Å². The van der Waals surface area contributed by atoms with E-state index in [0.717, 1.165) is 6.08 Å². The minimum atomic E-state index is -0.835. The summed E-state index contributed by atoms with van der Waals surface area (Å²) in [5.41, 5.74) is 0.377. The second-order valence-electron chi connectivity index (χ2n) is 5.52. The molecule has 0 unspecified atom stereocenters. The van der Waals surface area contributed by atoms with Gasteiger partial charge in [0.25, 0.3) is 11.6 Å². The molecule has 2 aromatic rings. The molecule has 10 heteroatoms. The molecule has 0 saturated heterocycles. The van der Waals surface area contributed by atoms with Crippen LogP contribution in [0, 0.1) is 10.1 Å². The normalized spacial score (nSPS) is 12.0. The van der Waals surface area contributed by atoms with Crippen LogP contribution in [0.3, 0.4) is 0 Å². The maximum atomic E-state index is 11.8. The summed E-state index contributed by atoms with van der Waals surface area (Å²) >= 11 is 5.75. The first-order chi connectivity index (χ1) is 13.4. The molecule has 1 aliphatic heterocycles. The monoisotopic (exact) mass is 404 g/mol. The Balaban J connectivity index is 1.58. The van der Waals surface area contributed by atoms with Crippen LogP contribution in [0.1, 0.15) is 5.56 Å². The van der Waals surface area contributed by atoms with Gasteiger partial charge in [-0.1, -0.05) is 11.6 Å². The second-order valence-corrected chi connectivity index (χ2v) is 5.95. The molecule has 0 radical (unpaired) electrons. The fourth-order valence-electron chi connectivity index (χ4n) is 2.31. The van der Waals surface area contributed by atoms with Crippen LogP contribution in [0.2, 0.25) is 5.02 Å². The zero-order valence-electron chi connectivity index (χ0n) is 14.2. The number of nitro benzene ring substituents is 1. The highest BCUT2D eigenvalue weighted by atomic mass is 35.5. The lowest BCUT2D eigenvalue weighted by atomic mass is 10.1. The van der Waals surface area contributed by atoms with Gasteiger partial charge in [-0.3, -0.25) is 14.9 Å². The van der Waals surface area contributed by atoms with E-state index in [1.807, 2.05) is 0 Å². The summed E-state index contributed by atoms with van der Waals surface area (Å²) < 4.78 is 15.1. The average molecular weight is 405 g/mol. The predicted molar refractivity (Wildman–Crippen MR) is 99.3 cm³/mol. The Labute approximate surface area is 163 Å². The third-order valence-electron chi connectivity index (χ3n) is 3.59. The summed E-state index contributed by atoms with van der Waals surface area (Å²) in [4.78, 5) is 34.2. The van der Waals surface area contributed by atoms with Crippen LogP contribution in [0.4, 0.5) is 11.4 Å². The quantitative estimate of drug-likeness (QED) is 0.340. The number of hydrogen-bond donors (Lipinski definition) is 1. The van der Waals surface area contributed by atoms with Gasteiger partial charge in [-0.15, -0.1) is 0 Å². The van der Waals surface area contributed by atoms with Crippen LogP contribution in [0.25, 0.3) is 6.08 Å². The number of nitrogens with one attached hydrogen (secondary N) is 1. The minimum Gasteiger partial charge on any atom is -0.454 e. The molecular weight excluding hydrogens is 392 g/mol. The molecule has 3 rings (SSSR count). The fourth-order valence-corrected chi connectivity index (χ4v) is 2.44. The summed E-state index contributed by atoms with van der Waals surface area (Å²) in [6.07, 6.45) is 2.19. The highest BCUT2D eigenvalue weighted by molar-refractivity contribution is 6.30. The molecule has 0 bridgehead atoms. The van der Waals surface area contributed by atoms with Gasteiger partial charge < -0.3 is 19.5 Å². The van der Waals surface area contributed by atoms with E-state index in [2.05, 4.69) is 5.32 Å². The minimum absolute atomic E-state index is 0.0373. The van der Waals surface area contributed by atoms with Gasteiger partial charge in [0, 0.05) is 16.8 Å². The van der Waals surface area contributed by atoms with Crippen molar-refractivity contribution in [2.75, 3.05) is 18.7 Å². The Morgan fingerprint density at radius 3 is 2.57 bits per heavy atom. The van der Waals surface area contributed by atoms with Crippen LogP contribution in [0.15, 0.2) is 42.5 Å². The molecule has 1 heterocycles. The SMILES string of the molecule is O=C(COC(=O)/C=C/c1cc2c(cc1[N+](=O)[O-])OCO2)Nc1ccc(Cl)cc1. The molecule has 144 valence electrons. The molecular formula is C18H13ClN2O7. The number of anilines is 1. The highest BCUT2D eigenvalue weighted by Gasteiger charge is 2.22. The third-order valence-corrected chi connectivity index (χ3v) is 3.84.